The molecule has 2 aromatic heterocycles. The molecule has 0 aliphatic carbocycles. The lowest BCUT2D eigenvalue weighted by Crippen LogP contribution is -2.18. The van der Waals surface area contributed by atoms with Gasteiger partial charge in [0.15, 0.2) is 0 Å². The maximum absolute atomic E-state index is 12.5. The first-order valence-electron chi connectivity index (χ1n) is 8.50. The number of aromatic nitrogens is 2. The Morgan fingerprint density at radius 1 is 1.15 bits per heavy atom. The van der Waals surface area contributed by atoms with E-state index in [9.17, 15) is 14.7 Å². The van der Waals surface area contributed by atoms with Crippen molar-refractivity contribution in [3.63, 3.8) is 0 Å². The number of fused-ring (bicyclic) bond motifs is 1. The van der Waals surface area contributed by atoms with E-state index in [1.54, 1.807) is 22.0 Å². The number of aromatic carboxylic acids is 1. The maximum Gasteiger partial charge on any atom is 0.341 e. The molecule has 0 aliphatic heterocycles. The average Bonchev–Trinajstić information content (AvgIpc) is 3.19. The van der Waals surface area contributed by atoms with Gasteiger partial charge in [-0.15, -0.1) is 11.3 Å². The lowest BCUT2D eigenvalue weighted by atomic mass is 10.1. The molecule has 0 fully saturated rings. The third-order valence-corrected chi connectivity index (χ3v) is 5.36. The molecular formula is C21H16N2O3S. The van der Waals surface area contributed by atoms with Crippen molar-refractivity contribution in [2.45, 2.75) is 13.5 Å². The van der Waals surface area contributed by atoms with Crippen molar-refractivity contribution in [2.24, 2.45) is 0 Å². The fourth-order valence-corrected chi connectivity index (χ4v) is 3.92. The van der Waals surface area contributed by atoms with Crippen molar-refractivity contribution in [3.05, 3.63) is 75.9 Å². The molecule has 0 amide bonds. The van der Waals surface area contributed by atoms with Gasteiger partial charge in [0, 0.05) is 34.6 Å². The molecule has 0 atom stereocenters. The largest absolute Gasteiger partial charge is 0.477 e. The minimum absolute atomic E-state index is 0.211. The van der Waals surface area contributed by atoms with Crippen LogP contribution in [0.1, 0.15) is 17.3 Å². The summed E-state index contributed by atoms with van der Waals surface area (Å²) in [6.45, 7) is 2.48. The van der Waals surface area contributed by atoms with Gasteiger partial charge in [0.05, 0.1) is 11.2 Å². The smallest absolute Gasteiger partial charge is 0.341 e. The number of hydrogen-bond donors (Lipinski definition) is 1. The Kier molecular flexibility index (Phi) is 4.33. The molecule has 0 unspecified atom stereocenters. The van der Waals surface area contributed by atoms with E-state index >= 15 is 0 Å². The van der Waals surface area contributed by atoms with Crippen LogP contribution in [0.3, 0.4) is 0 Å². The van der Waals surface area contributed by atoms with Gasteiger partial charge in [0.25, 0.3) is 0 Å². The second kappa shape index (κ2) is 6.81. The monoisotopic (exact) mass is 376 g/mol. The number of thiazole rings is 1. The van der Waals surface area contributed by atoms with Crippen LogP contribution in [0.25, 0.3) is 32.7 Å². The fraction of sp³-hybridized carbons (Fsp3) is 0.0952. The zero-order valence-corrected chi connectivity index (χ0v) is 15.4. The first-order chi connectivity index (χ1) is 13.1. The van der Waals surface area contributed by atoms with Crippen LogP contribution in [0.5, 0.6) is 0 Å². The number of nitrogens with zero attached hydrogens (tertiary/aromatic N) is 2. The zero-order chi connectivity index (χ0) is 19.0. The van der Waals surface area contributed by atoms with Crippen LogP contribution in [0, 0.1) is 0 Å². The number of aryl methyl sites for hydroxylation is 1. The van der Waals surface area contributed by atoms with Gasteiger partial charge in [-0.25, -0.2) is 9.78 Å². The molecule has 0 saturated carbocycles. The molecule has 2 heterocycles. The third-order valence-electron chi connectivity index (χ3n) is 4.47. The van der Waals surface area contributed by atoms with E-state index < -0.39 is 11.4 Å². The first-order valence-corrected chi connectivity index (χ1v) is 9.38. The molecule has 27 heavy (non-hydrogen) atoms. The number of benzene rings is 2. The Balaban J connectivity index is 1.85. The van der Waals surface area contributed by atoms with Crippen LogP contribution in [0.4, 0.5) is 0 Å². The summed E-state index contributed by atoms with van der Waals surface area (Å²) >= 11 is 1.56. The van der Waals surface area contributed by atoms with Crippen molar-refractivity contribution in [1.82, 2.24) is 9.55 Å². The second-order valence-electron chi connectivity index (χ2n) is 6.10. The Bertz CT molecular complexity index is 1210. The van der Waals surface area contributed by atoms with Gasteiger partial charge < -0.3 is 9.67 Å². The van der Waals surface area contributed by atoms with Crippen molar-refractivity contribution in [1.29, 1.82) is 0 Å². The van der Waals surface area contributed by atoms with Crippen molar-refractivity contribution in [3.8, 4) is 21.8 Å². The van der Waals surface area contributed by atoms with E-state index in [1.807, 2.05) is 54.8 Å². The number of pyridine rings is 1. The third kappa shape index (κ3) is 3.04. The van der Waals surface area contributed by atoms with Crippen molar-refractivity contribution >= 4 is 28.2 Å². The highest BCUT2D eigenvalue weighted by atomic mass is 32.1. The predicted molar refractivity (Wildman–Crippen MR) is 107 cm³/mol. The molecule has 1 N–H and O–H groups in total. The molecule has 4 rings (SSSR count). The molecule has 0 saturated heterocycles. The highest BCUT2D eigenvalue weighted by molar-refractivity contribution is 7.13. The van der Waals surface area contributed by atoms with Gasteiger partial charge in [0.2, 0.25) is 5.43 Å². The minimum atomic E-state index is -1.21. The number of rotatable bonds is 4. The van der Waals surface area contributed by atoms with Gasteiger partial charge in [-0.1, -0.05) is 36.4 Å². The molecule has 6 heteroatoms. The van der Waals surface area contributed by atoms with E-state index in [4.69, 9.17) is 4.98 Å². The van der Waals surface area contributed by atoms with Crippen LogP contribution in [-0.2, 0) is 6.54 Å². The van der Waals surface area contributed by atoms with Crippen molar-refractivity contribution < 1.29 is 9.90 Å². The normalized spacial score (nSPS) is 11.0. The van der Waals surface area contributed by atoms with Crippen molar-refractivity contribution in [2.75, 3.05) is 0 Å². The van der Waals surface area contributed by atoms with Gasteiger partial charge in [0.1, 0.15) is 10.6 Å². The molecule has 0 spiro atoms. The van der Waals surface area contributed by atoms with Crippen LogP contribution < -0.4 is 5.43 Å². The number of carboxylic acid groups (broad SMARTS) is 1. The number of carbonyl (C=O) groups is 1. The lowest BCUT2D eigenvalue weighted by Gasteiger charge is -2.11. The minimum Gasteiger partial charge on any atom is -0.477 e. The van der Waals surface area contributed by atoms with Crippen LogP contribution in [0.2, 0.25) is 0 Å². The van der Waals surface area contributed by atoms with Gasteiger partial charge in [-0.3, -0.25) is 4.79 Å². The SMILES string of the molecule is CCn1cc(C(=O)O)c(=O)c2ccc(-c3csc(-c4ccccc4)n3)cc21. The van der Waals surface area contributed by atoms with E-state index in [-0.39, 0.29) is 5.56 Å². The zero-order valence-electron chi connectivity index (χ0n) is 14.5. The summed E-state index contributed by atoms with van der Waals surface area (Å²) in [7, 11) is 0. The van der Waals surface area contributed by atoms with Gasteiger partial charge in [-0.2, -0.15) is 0 Å². The topological polar surface area (TPSA) is 72.2 Å². The second-order valence-corrected chi connectivity index (χ2v) is 6.96. The van der Waals surface area contributed by atoms with Crippen LogP contribution in [0.15, 0.2) is 64.9 Å². The molecule has 2 aromatic carbocycles. The lowest BCUT2D eigenvalue weighted by molar-refractivity contribution is 0.0695. The standard InChI is InChI=1S/C21H16N2O3S/c1-2-23-11-16(21(25)26)19(24)15-9-8-14(10-18(15)23)17-12-27-20(22-17)13-6-4-3-5-7-13/h3-12H,2H2,1H3,(H,25,26). The molecular weight excluding hydrogens is 360 g/mol. The Labute approximate surface area is 159 Å². The highest BCUT2D eigenvalue weighted by Crippen LogP contribution is 2.30. The summed E-state index contributed by atoms with van der Waals surface area (Å²) in [6, 6.07) is 15.4. The maximum atomic E-state index is 12.5. The van der Waals surface area contributed by atoms with E-state index in [0.717, 1.165) is 21.8 Å². The molecule has 0 radical (unpaired) electrons. The van der Waals surface area contributed by atoms with Crippen LogP contribution in [-0.4, -0.2) is 20.6 Å². The van der Waals surface area contributed by atoms with E-state index in [1.165, 1.54) is 6.20 Å². The molecule has 0 bridgehead atoms. The first kappa shape index (κ1) is 17.2. The number of carboxylic acids is 1. The quantitative estimate of drug-likeness (QED) is 0.569. The molecule has 0 aliphatic rings. The summed E-state index contributed by atoms with van der Waals surface area (Å²) in [5.74, 6) is -1.21. The summed E-state index contributed by atoms with van der Waals surface area (Å²) < 4.78 is 1.79. The highest BCUT2D eigenvalue weighted by Gasteiger charge is 2.15. The van der Waals surface area contributed by atoms with Crippen LogP contribution >= 0.6 is 11.3 Å². The molecule has 4 aromatic rings. The summed E-state index contributed by atoms with van der Waals surface area (Å²) in [4.78, 5) is 28.5. The Morgan fingerprint density at radius 2 is 1.93 bits per heavy atom. The Morgan fingerprint density at radius 3 is 2.63 bits per heavy atom. The Hall–Kier alpha value is -3.25. The summed E-state index contributed by atoms with van der Waals surface area (Å²) in [5.41, 5.74) is 2.82. The fourth-order valence-electron chi connectivity index (χ4n) is 3.08. The van der Waals surface area contributed by atoms with Gasteiger partial charge >= 0.3 is 5.97 Å². The molecule has 134 valence electrons. The average molecular weight is 376 g/mol. The number of hydrogen-bond acceptors (Lipinski definition) is 4. The van der Waals surface area contributed by atoms with E-state index in [0.29, 0.717) is 17.4 Å². The summed E-state index contributed by atoms with van der Waals surface area (Å²) in [5, 5.41) is 12.6. The van der Waals surface area contributed by atoms with E-state index in [2.05, 4.69) is 0 Å². The molecule has 5 nitrogen and oxygen atoms in total. The summed E-state index contributed by atoms with van der Waals surface area (Å²) in [6.07, 6.45) is 1.41. The predicted octanol–water partition coefficient (Wildman–Crippen LogP) is 4.51. The van der Waals surface area contributed by atoms with Gasteiger partial charge in [-0.05, 0) is 19.1 Å².